The fourth-order valence-electron chi connectivity index (χ4n) is 2.55. The fraction of sp³-hybridized carbons (Fsp3) is 0.615. The summed E-state index contributed by atoms with van der Waals surface area (Å²) in [5.74, 6) is 0.444. The summed E-state index contributed by atoms with van der Waals surface area (Å²) in [6, 6.07) is 1.47. The lowest BCUT2D eigenvalue weighted by Crippen LogP contribution is -2.33. The van der Waals surface area contributed by atoms with Crippen LogP contribution in [0.2, 0.25) is 10.3 Å². The largest absolute Gasteiger partial charge is 0.341 e. The molecule has 1 aliphatic carbocycles. The lowest BCUT2D eigenvalue weighted by Gasteiger charge is -2.27. The molecule has 104 valence electrons. The van der Waals surface area contributed by atoms with Crippen molar-refractivity contribution in [2.45, 2.75) is 32.1 Å². The van der Waals surface area contributed by atoms with Gasteiger partial charge in [-0.1, -0.05) is 42.5 Å². The molecule has 0 unspecified atom stereocenters. The average molecular weight is 302 g/mol. The second kappa shape index (κ2) is 6.53. The molecule has 1 fully saturated rings. The molecule has 0 aromatic carbocycles. The highest BCUT2D eigenvalue weighted by Gasteiger charge is 2.21. The number of hydrogen-bond acceptors (Lipinski definition) is 3. The Kier molecular flexibility index (Phi) is 4.99. The van der Waals surface area contributed by atoms with Crippen molar-refractivity contribution in [2.24, 2.45) is 5.92 Å². The normalized spacial score (nSPS) is 16.4. The maximum Gasteiger partial charge on any atom is 0.256 e. The zero-order valence-corrected chi connectivity index (χ0v) is 12.4. The molecule has 4 nitrogen and oxygen atoms in total. The number of halogens is 2. The van der Waals surface area contributed by atoms with E-state index in [2.05, 4.69) is 10.2 Å². The topological polar surface area (TPSA) is 46.1 Å². The quantitative estimate of drug-likeness (QED) is 0.859. The van der Waals surface area contributed by atoms with Crippen molar-refractivity contribution in [2.75, 3.05) is 13.6 Å². The minimum atomic E-state index is -0.146. The Hall–Kier alpha value is -0.870. The Balaban J connectivity index is 2.03. The number of rotatable bonds is 3. The van der Waals surface area contributed by atoms with Crippen LogP contribution in [0.15, 0.2) is 6.07 Å². The first-order valence-corrected chi connectivity index (χ1v) is 7.27. The van der Waals surface area contributed by atoms with E-state index in [1.54, 1.807) is 11.9 Å². The molecule has 0 radical (unpaired) electrons. The first-order chi connectivity index (χ1) is 9.08. The molecule has 1 aromatic rings. The van der Waals surface area contributed by atoms with Crippen molar-refractivity contribution in [3.63, 3.8) is 0 Å². The molecule has 0 spiro atoms. The summed E-state index contributed by atoms with van der Waals surface area (Å²) in [5.41, 5.74) is 0.319. The van der Waals surface area contributed by atoms with Crippen LogP contribution < -0.4 is 0 Å². The van der Waals surface area contributed by atoms with Gasteiger partial charge in [0, 0.05) is 13.6 Å². The third-order valence-electron chi connectivity index (χ3n) is 3.55. The van der Waals surface area contributed by atoms with Gasteiger partial charge >= 0.3 is 0 Å². The molecule has 1 heterocycles. The van der Waals surface area contributed by atoms with E-state index in [0.717, 1.165) is 6.54 Å². The monoisotopic (exact) mass is 301 g/mol. The lowest BCUT2D eigenvalue weighted by atomic mass is 9.89. The van der Waals surface area contributed by atoms with Gasteiger partial charge in [0.1, 0.15) is 0 Å². The molecule has 1 aliphatic rings. The number of hydrogen-bond donors (Lipinski definition) is 0. The van der Waals surface area contributed by atoms with Crippen LogP contribution >= 0.6 is 23.2 Å². The van der Waals surface area contributed by atoms with Gasteiger partial charge in [0.25, 0.3) is 5.91 Å². The standard InChI is InChI=1S/C13H17Cl2N3O/c1-18(8-9-5-3-2-4-6-9)13(19)10-7-11(14)16-17-12(10)15/h7,9H,2-6,8H2,1H3. The van der Waals surface area contributed by atoms with Crippen LogP contribution in [0.5, 0.6) is 0 Å². The Morgan fingerprint density at radius 3 is 2.68 bits per heavy atom. The van der Waals surface area contributed by atoms with Crippen molar-refractivity contribution in [1.82, 2.24) is 15.1 Å². The van der Waals surface area contributed by atoms with Crippen LogP contribution in [0.3, 0.4) is 0 Å². The number of amides is 1. The number of nitrogens with zero attached hydrogens (tertiary/aromatic N) is 3. The molecule has 19 heavy (non-hydrogen) atoms. The minimum Gasteiger partial charge on any atom is -0.341 e. The van der Waals surface area contributed by atoms with E-state index in [4.69, 9.17) is 23.2 Å². The molecule has 0 atom stereocenters. The van der Waals surface area contributed by atoms with Crippen LogP contribution in [0.1, 0.15) is 42.5 Å². The molecule has 0 N–H and O–H groups in total. The van der Waals surface area contributed by atoms with Gasteiger partial charge < -0.3 is 4.90 Å². The van der Waals surface area contributed by atoms with Crippen molar-refractivity contribution in [3.8, 4) is 0 Å². The second-order valence-electron chi connectivity index (χ2n) is 5.06. The Bertz CT molecular complexity index is 461. The molecule has 1 amide bonds. The molecule has 0 saturated heterocycles. The second-order valence-corrected chi connectivity index (χ2v) is 5.81. The Labute approximate surface area is 123 Å². The first-order valence-electron chi connectivity index (χ1n) is 6.52. The third kappa shape index (κ3) is 3.80. The van der Waals surface area contributed by atoms with E-state index in [9.17, 15) is 4.79 Å². The summed E-state index contributed by atoms with van der Waals surface area (Å²) in [4.78, 5) is 14.0. The highest BCUT2D eigenvalue weighted by Crippen LogP contribution is 2.25. The summed E-state index contributed by atoms with van der Waals surface area (Å²) in [5, 5.41) is 7.56. The molecule has 6 heteroatoms. The smallest absolute Gasteiger partial charge is 0.256 e. The van der Waals surface area contributed by atoms with Crippen molar-refractivity contribution < 1.29 is 4.79 Å². The predicted octanol–water partition coefficient (Wildman–Crippen LogP) is 3.44. The van der Waals surface area contributed by atoms with E-state index < -0.39 is 0 Å². The summed E-state index contributed by atoms with van der Waals surface area (Å²) >= 11 is 11.7. The maximum absolute atomic E-state index is 12.3. The van der Waals surface area contributed by atoms with Gasteiger partial charge in [0.15, 0.2) is 10.3 Å². The fourth-order valence-corrected chi connectivity index (χ4v) is 2.87. The zero-order valence-electron chi connectivity index (χ0n) is 10.9. The highest BCUT2D eigenvalue weighted by molar-refractivity contribution is 6.34. The summed E-state index contributed by atoms with van der Waals surface area (Å²) in [6.45, 7) is 0.759. The molecule has 0 aliphatic heterocycles. The van der Waals surface area contributed by atoms with Gasteiger partial charge in [0.2, 0.25) is 0 Å². The highest BCUT2D eigenvalue weighted by atomic mass is 35.5. The Morgan fingerprint density at radius 2 is 2.00 bits per heavy atom. The zero-order chi connectivity index (χ0) is 13.8. The van der Waals surface area contributed by atoms with Gasteiger partial charge in [-0.25, -0.2) is 0 Å². The molecule has 0 bridgehead atoms. The first kappa shape index (κ1) is 14.5. The average Bonchev–Trinajstić information content (AvgIpc) is 2.42. The van der Waals surface area contributed by atoms with Crippen LogP contribution in [0.4, 0.5) is 0 Å². The van der Waals surface area contributed by atoms with Crippen molar-refractivity contribution >= 4 is 29.1 Å². The van der Waals surface area contributed by atoms with E-state index in [1.807, 2.05) is 0 Å². The van der Waals surface area contributed by atoms with Gasteiger partial charge in [-0.05, 0) is 24.8 Å². The van der Waals surface area contributed by atoms with E-state index >= 15 is 0 Å². The SMILES string of the molecule is CN(CC1CCCCC1)C(=O)c1cc(Cl)nnc1Cl. The minimum absolute atomic E-state index is 0.102. The van der Waals surface area contributed by atoms with Crippen LogP contribution in [0.25, 0.3) is 0 Å². The van der Waals surface area contributed by atoms with Gasteiger partial charge in [-0.3, -0.25) is 4.79 Å². The van der Waals surface area contributed by atoms with Crippen LogP contribution in [-0.4, -0.2) is 34.6 Å². The van der Waals surface area contributed by atoms with Crippen LogP contribution in [0, 0.1) is 5.92 Å². The number of carbonyl (C=O) groups is 1. The van der Waals surface area contributed by atoms with Crippen molar-refractivity contribution in [3.05, 3.63) is 21.9 Å². The maximum atomic E-state index is 12.3. The predicted molar refractivity (Wildman–Crippen MR) is 75.6 cm³/mol. The van der Waals surface area contributed by atoms with E-state index in [0.29, 0.717) is 11.5 Å². The van der Waals surface area contributed by atoms with E-state index in [-0.39, 0.29) is 16.2 Å². The summed E-state index contributed by atoms with van der Waals surface area (Å²) in [7, 11) is 1.79. The van der Waals surface area contributed by atoms with Gasteiger partial charge in [-0.2, -0.15) is 0 Å². The van der Waals surface area contributed by atoms with Crippen molar-refractivity contribution in [1.29, 1.82) is 0 Å². The molecule has 1 saturated carbocycles. The number of aromatic nitrogens is 2. The molecule has 1 aromatic heterocycles. The molecular formula is C13H17Cl2N3O. The molecular weight excluding hydrogens is 285 g/mol. The lowest BCUT2D eigenvalue weighted by molar-refractivity contribution is 0.0760. The van der Waals surface area contributed by atoms with Gasteiger partial charge in [0.05, 0.1) is 5.56 Å². The summed E-state index contributed by atoms with van der Waals surface area (Å²) in [6.07, 6.45) is 6.22. The molecule has 2 rings (SSSR count). The van der Waals surface area contributed by atoms with Gasteiger partial charge in [-0.15, -0.1) is 10.2 Å². The Morgan fingerprint density at radius 1 is 1.32 bits per heavy atom. The third-order valence-corrected chi connectivity index (χ3v) is 4.02. The van der Waals surface area contributed by atoms with Crippen LogP contribution in [-0.2, 0) is 0 Å². The van der Waals surface area contributed by atoms with E-state index in [1.165, 1.54) is 38.2 Å². The summed E-state index contributed by atoms with van der Waals surface area (Å²) < 4.78 is 0. The number of carbonyl (C=O) groups excluding carboxylic acids is 1.